The number of aliphatic hydroxyl groups is 11. The fraction of sp³-hybridized carbons (Fsp3) is 0.873. The first-order chi connectivity index (χ1) is 36.3. The highest BCUT2D eigenvalue weighted by atomic mass is 16.8. The van der Waals surface area contributed by atoms with Crippen LogP contribution >= 0.6 is 0 Å². The van der Waals surface area contributed by atoms with E-state index >= 15 is 0 Å². The molecule has 0 spiro atoms. The molecule has 444 valence electrons. The number of aliphatic hydroxyl groups excluding tert-OH is 11. The van der Waals surface area contributed by atoms with Crippen molar-refractivity contribution in [3.63, 3.8) is 0 Å². The molecule has 23 nitrogen and oxygen atoms in total. The van der Waals surface area contributed by atoms with Gasteiger partial charge in [-0.25, -0.2) is 9.59 Å². The number of hydrogen-bond donors (Lipinski definition) is 12. The monoisotopic (exact) mass is 1110 g/mol. The minimum Gasteiger partial charge on any atom is -0.479 e. The Balaban J connectivity index is 1.13. The SMILES string of the molecule is C/C=C(/C)C(=O)O[C@H]1[C@H](O)[C@@]2(COC(C)=O)C(CC1(C)C)C1=CCC3[C@@]4(C)CC[C@H](O[C@@H]5O[C@H](C(=O)O)[C@@H](O)[C@H](O[C@H]6O[C@H](C)[C@@H](O)[C@H](O)[C@@H]6O)[C@H]5O[C@@H]5O[C@H](CO)[C@H](O)[C@H](O)[C@H]5O)[C@](C)(CO)C4CC[C@@]3(C)[C@]1(C)C[C@H]2O. The number of carbonyl (C=O) groups excluding carboxylic acids is 2. The van der Waals surface area contributed by atoms with Gasteiger partial charge in [0.2, 0.25) is 0 Å². The molecule has 27 atom stereocenters. The number of carboxylic acid groups (broad SMARTS) is 1. The largest absolute Gasteiger partial charge is 0.479 e. The highest BCUT2D eigenvalue weighted by molar-refractivity contribution is 5.87. The lowest BCUT2D eigenvalue weighted by Crippen LogP contribution is -2.72. The Morgan fingerprint density at radius 3 is 1.96 bits per heavy atom. The second kappa shape index (κ2) is 22.1. The first-order valence-electron chi connectivity index (χ1n) is 27.5. The number of carboxylic acids is 1. The summed E-state index contributed by atoms with van der Waals surface area (Å²) >= 11 is 0. The van der Waals surface area contributed by atoms with Crippen LogP contribution < -0.4 is 0 Å². The van der Waals surface area contributed by atoms with Crippen LogP contribution in [0.2, 0.25) is 0 Å². The predicted octanol–water partition coefficient (Wildman–Crippen LogP) is -0.293. The van der Waals surface area contributed by atoms with Crippen molar-refractivity contribution < 1.29 is 114 Å². The van der Waals surface area contributed by atoms with Crippen LogP contribution in [-0.4, -0.2) is 216 Å². The van der Waals surface area contributed by atoms with Gasteiger partial charge in [0.05, 0.1) is 36.9 Å². The molecule has 3 aliphatic heterocycles. The third kappa shape index (κ3) is 9.72. The topological polar surface area (TPSA) is 368 Å². The van der Waals surface area contributed by atoms with Crippen molar-refractivity contribution in [3.8, 4) is 0 Å². The van der Waals surface area contributed by atoms with Crippen LogP contribution in [0, 0.1) is 50.2 Å². The molecule has 8 aliphatic rings. The second-order valence-corrected chi connectivity index (χ2v) is 25.6. The molecule has 0 aromatic rings. The molecular formula is C55H86O23. The van der Waals surface area contributed by atoms with Crippen molar-refractivity contribution in [2.75, 3.05) is 19.8 Å². The third-order valence-electron chi connectivity index (χ3n) is 21.0. The van der Waals surface area contributed by atoms with Gasteiger partial charge in [-0.05, 0) is 99.7 Å². The number of esters is 2. The summed E-state index contributed by atoms with van der Waals surface area (Å²) in [4.78, 5) is 38.8. The summed E-state index contributed by atoms with van der Waals surface area (Å²) in [5.41, 5.74) is -3.72. The first kappa shape index (κ1) is 61.3. The Morgan fingerprint density at radius 1 is 0.731 bits per heavy atom. The van der Waals surface area contributed by atoms with Crippen molar-refractivity contribution in [2.45, 2.75) is 231 Å². The van der Waals surface area contributed by atoms with Gasteiger partial charge < -0.3 is 99.2 Å². The summed E-state index contributed by atoms with van der Waals surface area (Å²) < 4.78 is 48.4. The molecule has 3 unspecified atom stereocenters. The Hall–Kier alpha value is -2.79. The van der Waals surface area contributed by atoms with Crippen LogP contribution in [0.5, 0.6) is 0 Å². The number of carbonyl (C=O) groups is 3. The Labute approximate surface area is 454 Å². The van der Waals surface area contributed by atoms with E-state index in [1.807, 2.05) is 20.8 Å². The zero-order valence-corrected chi connectivity index (χ0v) is 46.3. The van der Waals surface area contributed by atoms with Crippen LogP contribution in [0.15, 0.2) is 23.3 Å². The molecule has 23 heteroatoms. The highest BCUT2D eigenvalue weighted by Crippen LogP contribution is 2.76. The fourth-order valence-electron chi connectivity index (χ4n) is 16.1. The third-order valence-corrected chi connectivity index (χ3v) is 21.0. The number of ether oxygens (including phenoxy) is 8. The number of hydrogen-bond acceptors (Lipinski definition) is 22. The maximum absolute atomic E-state index is 13.3. The normalized spacial score (nSPS) is 51.1. The van der Waals surface area contributed by atoms with Crippen molar-refractivity contribution in [1.82, 2.24) is 0 Å². The Kier molecular flexibility index (Phi) is 17.3. The van der Waals surface area contributed by atoms with Crippen molar-refractivity contribution in [2.24, 2.45) is 50.2 Å². The Bertz CT molecular complexity index is 2280. The molecule has 8 rings (SSSR count). The van der Waals surface area contributed by atoms with Gasteiger partial charge in [0.25, 0.3) is 0 Å². The average molecular weight is 1120 g/mol. The van der Waals surface area contributed by atoms with Gasteiger partial charge >= 0.3 is 17.9 Å². The first-order valence-corrected chi connectivity index (χ1v) is 27.5. The van der Waals surface area contributed by atoms with E-state index in [0.29, 0.717) is 37.7 Å². The summed E-state index contributed by atoms with van der Waals surface area (Å²) in [7, 11) is 0. The van der Waals surface area contributed by atoms with Crippen molar-refractivity contribution >= 4 is 17.9 Å². The van der Waals surface area contributed by atoms with Gasteiger partial charge in [-0.3, -0.25) is 4.79 Å². The van der Waals surface area contributed by atoms with E-state index in [0.717, 1.165) is 5.57 Å². The van der Waals surface area contributed by atoms with Crippen LogP contribution in [0.1, 0.15) is 114 Å². The van der Waals surface area contributed by atoms with E-state index < -0.39 is 186 Å². The van der Waals surface area contributed by atoms with Gasteiger partial charge in [0.1, 0.15) is 79.9 Å². The van der Waals surface area contributed by atoms with Crippen molar-refractivity contribution in [1.29, 1.82) is 0 Å². The van der Waals surface area contributed by atoms with Gasteiger partial charge in [-0.15, -0.1) is 0 Å². The molecule has 0 bridgehead atoms. The van der Waals surface area contributed by atoms with Crippen molar-refractivity contribution in [3.05, 3.63) is 23.3 Å². The summed E-state index contributed by atoms with van der Waals surface area (Å²) in [5, 5.41) is 134. The minimum atomic E-state index is -2.16. The zero-order chi connectivity index (χ0) is 57.7. The lowest BCUT2D eigenvalue weighted by Gasteiger charge is -2.72. The molecule has 0 radical (unpaired) electrons. The molecule has 78 heavy (non-hydrogen) atoms. The lowest BCUT2D eigenvalue weighted by atomic mass is 9.33. The molecule has 7 fully saturated rings. The average Bonchev–Trinajstić information content (AvgIpc) is 3.58. The molecule has 5 aliphatic carbocycles. The van der Waals surface area contributed by atoms with Gasteiger partial charge in [0, 0.05) is 23.3 Å². The maximum Gasteiger partial charge on any atom is 0.335 e. The van der Waals surface area contributed by atoms with E-state index in [2.05, 4.69) is 26.8 Å². The molecule has 0 amide bonds. The minimum absolute atomic E-state index is 0.0766. The van der Waals surface area contributed by atoms with Gasteiger partial charge in [-0.2, -0.15) is 0 Å². The predicted molar refractivity (Wildman–Crippen MR) is 268 cm³/mol. The van der Waals surface area contributed by atoms with E-state index in [4.69, 9.17) is 37.9 Å². The van der Waals surface area contributed by atoms with Crippen LogP contribution in [-0.2, 0) is 52.3 Å². The van der Waals surface area contributed by atoms with E-state index in [1.54, 1.807) is 19.9 Å². The van der Waals surface area contributed by atoms with Crippen LogP contribution in [0.25, 0.3) is 0 Å². The smallest absolute Gasteiger partial charge is 0.335 e. The standard InChI is InChI=1S/C55H86O23/c1-11-23(2)46(70)78-44-43(67)55(22-71-25(4)58)27(18-50(44,5)6)26-12-13-30-51(7)16-15-32(52(8,21-57)29(51)14-17-53(30,9)54(26,10)19-31(55)59)74-49-42(77-48-38(65)36(63)34(61)28(20-56)73-48)40(39(66)41(76-49)45(68)69)75-47-37(64)35(62)33(60)24(3)72-47/h11-12,24,27-44,47-49,56-57,59-67H,13-22H2,1-10H3,(H,68,69)/b23-11-/t24-,27?,28-,29?,30?,31-,32+,33-,34+,35+,36+,37+,38-,39+,40+,41+,42-,43+,44+,47-,48+,49-,51+,52-,53-,54-,55+/m1/s1. The summed E-state index contributed by atoms with van der Waals surface area (Å²) in [6, 6.07) is 0. The summed E-state index contributed by atoms with van der Waals surface area (Å²) in [5.74, 6) is -3.75. The number of aliphatic carboxylic acids is 1. The highest BCUT2D eigenvalue weighted by Gasteiger charge is 2.74. The van der Waals surface area contributed by atoms with E-state index in [1.165, 1.54) is 13.8 Å². The summed E-state index contributed by atoms with van der Waals surface area (Å²) in [6.45, 7) is 16.7. The molecular weight excluding hydrogens is 1030 g/mol. The maximum atomic E-state index is 13.3. The number of rotatable bonds is 13. The second-order valence-electron chi connectivity index (χ2n) is 25.6. The quantitative estimate of drug-likeness (QED) is 0.0488. The molecule has 0 aromatic carbocycles. The van der Waals surface area contributed by atoms with E-state index in [9.17, 15) is 75.7 Å². The van der Waals surface area contributed by atoms with Crippen LogP contribution in [0.3, 0.4) is 0 Å². The fourth-order valence-corrected chi connectivity index (χ4v) is 16.1. The molecule has 12 N–H and O–H groups in total. The van der Waals surface area contributed by atoms with Gasteiger partial charge in [-0.1, -0.05) is 59.3 Å². The number of fused-ring (bicyclic) bond motifs is 7. The van der Waals surface area contributed by atoms with Crippen LogP contribution in [0.4, 0.5) is 0 Å². The lowest BCUT2D eigenvalue weighted by molar-refractivity contribution is -0.396. The molecule has 3 saturated heterocycles. The molecule has 0 aromatic heterocycles. The number of allylic oxidation sites excluding steroid dienone is 3. The Morgan fingerprint density at radius 2 is 1.36 bits per heavy atom. The summed E-state index contributed by atoms with van der Waals surface area (Å²) in [6.07, 6.45) is -25.3. The van der Waals surface area contributed by atoms with Gasteiger partial charge in [0.15, 0.2) is 25.0 Å². The molecule has 4 saturated carbocycles. The zero-order valence-electron chi connectivity index (χ0n) is 46.3. The molecule has 3 heterocycles. The van der Waals surface area contributed by atoms with E-state index in [-0.39, 0.29) is 31.3 Å².